The van der Waals surface area contributed by atoms with E-state index in [1.165, 1.54) is 57.8 Å². The summed E-state index contributed by atoms with van der Waals surface area (Å²) in [5.74, 6) is -0.266. The largest absolute Gasteiger partial charge is 0.472 e. The number of hydrogen-bond acceptors (Lipinski definition) is 6. The van der Waals surface area contributed by atoms with Crippen LogP contribution in [0.25, 0.3) is 0 Å². The molecule has 1 fully saturated rings. The average Bonchev–Trinajstić information content (AvgIpc) is 3.89. The second-order valence-corrected chi connectivity index (χ2v) is 17.2. The third-order valence-electron chi connectivity index (χ3n) is 9.35. The summed E-state index contributed by atoms with van der Waals surface area (Å²) in [6.45, 7) is 4.60. The Morgan fingerprint density at radius 1 is 0.727 bits per heavy atom. The summed E-state index contributed by atoms with van der Waals surface area (Å²) in [6, 6.07) is -0.892. The number of phosphoric ester groups is 1. The number of unbranched alkanes of at least 4 members (excludes halogenated alkanes) is 11. The number of rotatable bonds is 36. The number of nitrogens with one attached hydrogen (secondary N) is 1. The quantitative estimate of drug-likeness (QED) is 0.0190. The van der Waals surface area contributed by atoms with Gasteiger partial charge in [0.2, 0.25) is 5.91 Å². The molecule has 9 nitrogen and oxygen atoms in total. The molecule has 316 valence electrons. The monoisotopic (exact) mass is 792 g/mol. The van der Waals surface area contributed by atoms with Gasteiger partial charge in [-0.05, 0) is 57.8 Å². The fourth-order valence-electron chi connectivity index (χ4n) is 5.81. The number of amides is 1. The zero-order valence-electron chi connectivity index (χ0n) is 35.3. The van der Waals surface area contributed by atoms with Crippen molar-refractivity contribution >= 4 is 13.7 Å². The molecule has 55 heavy (non-hydrogen) atoms. The summed E-state index contributed by atoms with van der Waals surface area (Å²) in [4.78, 5) is 23.0. The van der Waals surface area contributed by atoms with Crippen molar-refractivity contribution < 1.29 is 37.6 Å². The SMILES string of the molecule is CC/C=C\CC1OC1C/C=C\C/C=C\C/C=C\C/C=C\CCC(=O)N[C@@H](COP(=O)(O)OCC[N+](C)(C)C)[C@H](O)/C=C/CCCCCCCCCCCCC. The lowest BCUT2D eigenvalue weighted by Gasteiger charge is -2.25. The number of carbonyl (C=O) groups is 1. The summed E-state index contributed by atoms with van der Waals surface area (Å²) in [6.07, 6.45) is 45.9. The summed E-state index contributed by atoms with van der Waals surface area (Å²) in [5, 5.41) is 13.7. The molecule has 0 aromatic carbocycles. The molecule has 5 atom stereocenters. The first kappa shape index (κ1) is 50.9. The molecular formula is C45H80N2O7P+. The lowest BCUT2D eigenvalue weighted by molar-refractivity contribution is -0.870. The van der Waals surface area contributed by atoms with Crippen LogP contribution in [0.5, 0.6) is 0 Å². The van der Waals surface area contributed by atoms with E-state index in [0.717, 1.165) is 57.8 Å². The molecule has 0 saturated carbocycles. The maximum atomic E-state index is 12.8. The number of epoxide rings is 1. The Bertz CT molecular complexity index is 1190. The number of phosphoric acid groups is 1. The first-order chi connectivity index (χ1) is 26.5. The van der Waals surface area contributed by atoms with Gasteiger partial charge in [-0.3, -0.25) is 13.8 Å². The van der Waals surface area contributed by atoms with Crippen LogP contribution < -0.4 is 5.32 Å². The molecule has 10 heteroatoms. The predicted molar refractivity (Wildman–Crippen MR) is 230 cm³/mol. The van der Waals surface area contributed by atoms with Gasteiger partial charge in [-0.15, -0.1) is 0 Å². The van der Waals surface area contributed by atoms with E-state index in [4.69, 9.17) is 13.8 Å². The minimum absolute atomic E-state index is 0.0423. The van der Waals surface area contributed by atoms with Gasteiger partial charge in [0.15, 0.2) is 0 Å². The van der Waals surface area contributed by atoms with Gasteiger partial charge in [0.05, 0.1) is 52.1 Å². The van der Waals surface area contributed by atoms with Crippen LogP contribution in [0.15, 0.2) is 72.9 Å². The van der Waals surface area contributed by atoms with Crippen molar-refractivity contribution in [3.05, 3.63) is 72.9 Å². The van der Waals surface area contributed by atoms with Crippen LogP contribution in [-0.2, 0) is 23.1 Å². The van der Waals surface area contributed by atoms with Crippen LogP contribution in [0.4, 0.5) is 0 Å². The Kier molecular flexibility index (Phi) is 30.5. The highest BCUT2D eigenvalue weighted by Gasteiger charge is 2.36. The van der Waals surface area contributed by atoms with Crippen molar-refractivity contribution in [2.24, 2.45) is 0 Å². The number of nitrogens with zero attached hydrogens (tertiary/aromatic N) is 1. The molecular weight excluding hydrogens is 711 g/mol. The van der Waals surface area contributed by atoms with Crippen molar-refractivity contribution in [3.63, 3.8) is 0 Å². The predicted octanol–water partition coefficient (Wildman–Crippen LogP) is 10.6. The Balaban J connectivity index is 2.39. The Labute approximate surface area is 336 Å². The molecule has 1 heterocycles. The first-order valence-electron chi connectivity index (χ1n) is 21.4. The summed E-state index contributed by atoms with van der Waals surface area (Å²) in [7, 11) is 1.51. The zero-order chi connectivity index (χ0) is 40.5. The number of allylic oxidation sites excluding steroid dienone is 9. The maximum Gasteiger partial charge on any atom is 0.472 e. The van der Waals surface area contributed by atoms with Crippen LogP contribution in [0.1, 0.15) is 142 Å². The number of ether oxygens (including phenoxy) is 1. The number of likely N-dealkylation sites (N-methyl/N-ethyl adjacent to an activating group) is 1. The van der Waals surface area contributed by atoms with Crippen molar-refractivity contribution in [1.29, 1.82) is 0 Å². The highest BCUT2D eigenvalue weighted by atomic mass is 31.2. The van der Waals surface area contributed by atoms with Crippen LogP contribution in [0.2, 0.25) is 0 Å². The maximum absolute atomic E-state index is 12.8. The molecule has 1 amide bonds. The van der Waals surface area contributed by atoms with Crippen molar-refractivity contribution in [2.75, 3.05) is 40.9 Å². The van der Waals surface area contributed by atoms with Crippen molar-refractivity contribution in [2.45, 2.75) is 167 Å². The average molecular weight is 792 g/mol. The van der Waals surface area contributed by atoms with Gasteiger partial charge in [-0.2, -0.15) is 0 Å². The van der Waals surface area contributed by atoms with Gasteiger partial charge in [0.1, 0.15) is 13.2 Å². The topological polar surface area (TPSA) is 118 Å². The fourth-order valence-corrected chi connectivity index (χ4v) is 6.54. The second kappa shape index (κ2) is 32.9. The van der Waals surface area contributed by atoms with Gasteiger partial charge in [0.25, 0.3) is 0 Å². The molecule has 3 N–H and O–H groups in total. The van der Waals surface area contributed by atoms with Crippen molar-refractivity contribution in [1.82, 2.24) is 5.32 Å². The van der Waals surface area contributed by atoms with E-state index >= 15 is 0 Å². The Morgan fingerprint density at radius 2 is 1.25 bits per heavy atom. The minimum Gasteiger partial charge on any atom is -0.387 e. The number of aliphatic hydroxyl groups is 1. The van der Waals surface area contributed by atoms with E-state index < -0.39 is 20.0 Å². The highest BCUT2D eigenvalue weighted by Crippen LogP contribution is 2.43. The van der Waals surface area contributed by atoms with Gasteiger partial charge in [-0.1, -0.05) is 151 Å². The molecule has 0 radical (unpaired) electrons. The Morgan fingerprint density at radius 3 is 1.82 bits per heavy atom. The fraction of sp³-hybridized carbons (Fsp3) is 0.711. The van der Waals surface area contributed by atoms with Crippen LogP contribution >= 0.6 is 7.82 Å². The highest BCUT2D eigenvalue weighted by molar-refractivity contribution is 7.47. The summed E-state index contributed by atoms with van der Waals surface area (Å²) >= 11 is 0. The van der Waals surface area contributed by atoms with Gasteiger partial charge in [0, 0.05) is 6.42 Å². The molecule has 1 saturated heterocycles. The van der Waals surface area contributed by atoms with Crippen LogP contribution in [-0.4, -0.2) is 85.6 Å². The van der Waals surface area contributed by atoms with Crippen LogP contribution in [0.3, 0.4) is 0 Å². The van der Waals surface area contributed by atoms with E-state index in [-0.39, 0.29) is 25.5 Å². The van der Waals surface area contributed by atoms with Gasteiger partial charge in [-0.25, -0.2) is 4.57 Å². The molecule has 1 rings (SSSR count). The lowest BCUT2D eigenvalue weighted by atomic mass is 10.0. The smallest absolute Gasteiger partial charge is 0.387 e. The molecule has 0 aromatic heterocycles. The number of carbonyl (C=O) groups excluding carboxylic acids is 1. The zero-order valence-corrected chi connectivity index (χ0v) is 36.2. The molecule has 0 spiro atoms. The van der Waals surface area contributed by atoms with Crippen molar-refractivity contribution in [3.8, 4) is 0 Å². The standard InChI is InChI=1S/C45H79N2O7P/c1-6-8-10-11-12-13-14-15-18-21-24-27-31-34-42(48)41(40-53-55(50,51)52-39-38-47(3,4)5)46-45(49)37-33-29-26-23-20-17-16-19-22-25-28-32-36-44-43(54-44)35-30-9-7-2/h9,17,19-20,22,26,28-32,34,41-44,48H,6-8,10-16,18,21,23-25,27,33,35-40H2,1-5H3,(H-,46,49,50,51)/p+1/b20-17-,22-19-,29-26-,30-9-,32-28-,34-31+/t41-,42+,43?,44?/m0/s1. The first-order valence-corrected chi connectivity index (χ1v) is 22.9. The molecule has 0 aliphatic carbocycles. The third kappa shape index (κ3) is 32.7. The van der Waals surface area contributed by atoms with E-state index in [2.05, 4.69) is 67.8 Å². The normalized spacial score (nSPS) is 18.8. The van der Waals surface area contributed by atoms with Gasteiger partial charge >= 0.3 is 7.82 Å². The summed E-state index contributed by atoms with van der Waals surface area (Å²) < 4.78 is 29.2. The van der Waals surface area contributed by atoms with E-state index in [0.29, 0.717) is 29.7 Å². The third-order valence-corrected chi connectivity index (χ3v) is 10.3. The number of quaternary nitrogens is 1. The van der Waals surface area contributed by atoms with E-state index in [9.17, 15) is 19.4 Å². The lowest BCUT2D eigenvalue weighted by Crippen LogP contribution is -2.45. The van der Waals surface area contributed by atoms with E-state index in [1.54, 1.807) is 6.08 Å². The number of hydrogen-bond donors (Lipinski definition) is 3. The Hall–Kier alpha value is -2.10. The summed E-state index contributed by atoms with van der Waals surface area (Å²) in [5.41, 5.74) is 0. The second-order valence-electron chi connectivity index (χ2n) is 15.7. The van der Waals surface area contributed by atoms with Crippen LogP contribution in [0, 0.1) is 0 Å². The van der Waals surface area contributed by atoms with Gasteiger partial charge < -0.3 is 24.5 Å². The van der Waals surface area contributed by atoms with E-state index in [1.807, 2.05) is 39.4 Å². The molecule has 1 aliphatic rings. The molecule has 0 bridgehead atoms. The minimum atomic E-state index is -4.36. The molecule has 1 aliphatic heterocycles. The number of aliphatic hydroxyl groups excluding tert-OH is 1. The molecule has 0 aromatic rings. The molecule has 3 unspecified atom stereocenters.